The second kappa shape index (κ2) is 8.17. The normalized spacial score (nSPS) is 24.3. The van der Waals surface area contributed by atoms with Gasteiger partial charge in [0.1, 0.15) is 5.75 Å². The minimum Gasteiger partial charge on any atom is -0.483 e. The number of imide groups is 1. The van der Waals surface area contributed by atoms with Crippen LogP contribution in [0.15, 0.2) is 18.2 Å². The standard InChI is InChI=1S/C19H24ClN3O4/c1-10(15-7-11-2-3-12(15)6-11)22-19(26)23-17(24)9-27-16-8-13(20)4-5-14(16)18(21)25/h4-5,8,10-12,15H,2-3,6-7,9H2,1H3,(H2,21,25)(H2,22,23,24,26). The van der Waals surface area contributed by atoms with Gasteiger partial charge in [0.15, 0.2) is 6.61 Å². The molecule has 27 heavy (non-hydrogen) atoms. The van der Waals surface area contributed by atoms with Gasteiger partial charge >= 0.3 is 6.03 Å². The molecular weight excluding hydrogens is 370 g/mol. The fourth-order valence-electron chi connectivity index (χ4n) is 4.38. The van der Waals surface area contributed by atoms with E-state index in [9.17, 15) is 14.4 Å². The Morgan fingerprint density at radius 2 is 2.07 bits per heavy atom. The van der Waals surface area contributed by atoms with Crippen molar-refractivity contribution >= 4 is 29.4 Å². The lowest BCUT2D eigenvalue weighted by Crippen LogP contribution is -2.48. The Balaban J connectivity index is 1.47. The molecule has 0 radical (unpaired) electrons. The largest absolute Gasteiger partial charge is 0.483 e. The number of hydrogen-bond donors (Lipinski definition) is 3. The summed E-state index contributed by atoms with van der Waals surface area (Å²) in [5, 5.41) is 5.44. The minimum atomic E-state index is -0.695. The third-order valence-electron chi connectivity index (χ3n) is 5.61. The van der Waals surface area contributed by atoms with Crippen LogP contribution in [0.5, 0.6) is 5.75 Å². The Morgan fingerprint density at radius 3 is 2.70 bits per heavy atom. The number of carbonyl (C=O) groups is 3. The van der Waals surface area contributed by atoms with E-state index in [-0.39, 0.29) is 17.4 Å². The summed E-state index contributed by atoms with van der Waals surface area (Å²) < 4.78 is 5.31. The molecule has 0 aliphatic heterocycles. The predicted molar refractivity (Wildman–Crippen MR) is 101 cm³/mol. The summed E-state index contributed by atoms with van der Waals surface area (Å²) in [6, 6.07) is 3.79. The zero-order valence-corrected chi connectivity index (χ0v) is 15.9. The molecule has 0 spiro atoms. The molecular formula is C19H24ClN3O4. The summed E-state index contributed by atoms with van der Waals surface area (Å²) >= 11 is 5.87. The van der Waals surface area contributed by atoms with E-state index in [1.807, 2.05) is 6.92 Å². The van der Waals surface area contributed by atoms with Crippen molar-refractivity contribution < 1.29 is 19.1 Å². The second-order valence-corrected chi connectivity index (χ2v) is 7.88. The van der Waals surface area contributed by atoms with Crippen LogP contribution in [0.4, 0.5) is 4.79 Å². The van der Waals surface area contributed by atoms with Gasteiger partial charge in [0.2, 0.25) is 0 Å². The van der Waals surface area contributed by atoms with Gasteiger partial charge in [-0.2, -0.15) is 0 Å². The molecule has 4 unspecified atom stereocenters. The van der Waals surface area contributed by atoms with E-state index in [4.69, 9.17) is 22.1 Å². The summed E-state index contributed by atoms with van der Waals surface area (Å²) in [6.07, 6.45) is 4.94. The molecule has 0 saturated heterocycles. The smallest absolute Gasteiger partial charge is 0.321 e. The van der Waals surface area contributed by atoms with Crippen molar-refractivity contribution in [2.75, 3.05) is 6.61 Å². The number of nitrogens with one attached hydrogen (secondary N) is 2. The van der Waals surface area contributed by atoms with E-state index < -0.39 is 24.5 Å². The minimum absolute atomic E-state index is 0.0170. The number of amides is 4. The molecule has 0 heterocycles. The van der Waals surface area contributed by atoms with Gasteiger partial charge in [-0.05, 0) is 62.1 Å². The highest BCUT2D eigenvalue weighted by Gasteiger charge is 2.42. The number of rotatable bonds is 6. The number of primary amides is 1. The Hall–Kier alpha value is -2.28. The molecule has 4 atom stereocenters. The number of hydrogen-bond acceptors (Lipinski definition) is 4. The SMILES string of the molecule is CC(NC(=O)NC(=O)COc1cc(Cl)ccc1C(N)=O)C1CC2CCC1C2. The lowest BCUT2D eigenvalue weighted by molar-refractivity contribution is -0.122. The first-order chi connectivity index (χ1) is 12.8. The summed E-state index contributed by atoms with van der Waals surface area (Å²) in [4.78, 5) is 35.4. The third-order valence-corrected chi connectivity index (χ3v) is 5.85. The van der Waals surface area contributed by atoms with Gasteiger partial charge in [0.05, 0.1) is 5.56 Å². The van der Waals surface area contributed by atoms with Crippen molar-refractivity contribution in [1.29, 1.82) is 0 Å². The summed E-state index contributed by atoms with van der Waals surface area (Å²) in [5.41, 5.74) is 5.38. The first-order valence-corrected chi connectivity index (χ1v) is 9.53. The van der Waals surface area contributed by atoms with E-state index in [1.54, 1.807) is 0 Å². The van der Waals surface area contributed by atoms with Gasteiger partial charge in [-0.15, -0.1) is 0 Å². The maximum atomic E-state index is 12.1. The van der Waals surface area contributed by atoms with Gasteiger partial charge in [-0.25, -0.2) is 4.79 Å². The van der Waals surface area contributed by atoms with Crippen molar-refractivity contribution in [2.45, 2.75) is 38.6 Å². The number of fused-ring (bicyclic) bond motifs is 2. The van der Waals surface area contributed by atoms with Gasteiger partial charge in [0.25, 0.3) is 11.8 Å². The molecule has 2 aliphatic rings. The Kier molecular flexibility index (Phi) is 5.89. The van der Waals surface area contributed by atoms with Crippen molar-refractivity contribution in [2.24, 2.45) is 23.5 Å². The summed E-state index contributed by atoms with van der Waals surface area (Å²) in [5.74, 6) is 0.729. The van der Waals surface area contributed by atoms with E-state index in [2.05, 4.69) is 10.6 Å². The van der Waals surface area contributed by atoms with Crippen LogP contribution in [0.25, 0.3) is 0 Å². The fraction of sp³-hybridized carbons (Fsp3) is 0.526. The topological polar surface area (TPSA) is 111 Å². The van der Waals surface area contributed by atoms with Crippen molar-refractivity contribution in [1.82, 2.24) is 10.6 Å². The van der Waals surface area contributed by atoms with Gasteiger partial charge in [0, 0.05) is 11.1 Å². The van der Waals surface area contributed by atoms with Crippen molar-refractivity contribution in [3.63, 3.8) is 0 Å². The van der Waals surface area contributed by atoms with E-state index in [1.165, 1.54) is 37.5 Å². The Bertz CT molecular complexity index is 754. The molecule has 2 bridgehead atoms. The molecule has 2 saturated carbocycles. The number of carbonyl (C=O) groups excluding carboxylic acids is 3. The molecule has 4 amide bonds. The highest BCUT2D eigenvalue weighted by Crippen LogP contribution is 2.49. The molecule has 0 aromatic heterocycles. The van der Waals surface area contributed by atoms with E-state index in [0.717, 1.165) is 12.3 Å². The number of urea groups is 1. The van der Waals surface area contributed by atoms with Crippen molar-refractivity contribution in [3.8, 4) is 5.75 Å². The van der Waals surface area contributed by atoms with Crippen LogP contribution in [0.1, 0.15) is 43.0 Å². The predicted octanol–water partition coefficient (Wildman–Crippen LogP) is 2.47. The lowest BCUT2D eigenvalue weighted by Gasteiger charge is -2.28. The van der Waals surface area contributed by atoms with Gasteiger partial charge < -0.3 is 15.8 Å². The maximum absolute atomic E-state index is 12.1. The summed E-state index contributed by atoms with van der Waals surface area (Å²) in [6.45, 7) is 1.55. The van der Waals surface area contributed by atoms with Crippen LogP contribution in [0, 0.1) is 17.8 Å². The average Bonchev–Trinajstić information content (AvgIpc) is 3.23. The second-order valence-electron chi connectivity index (χ2n) is 7.44. The molecule has 7 nitrogen and oxygen atoms in total. The quantitative estimate of drug-likeness (QED) is 0.689. The van der Waals surface area contributed by atoms with Crippen LogP contribution in [0.2, 0.25) is 5.02 Å². The highest BCUT2D eigenvalue weighted by atomic mass is 35.5. The van der Waals surface area contributed by atoms with Crippen LogP contribution in [0.3, 0.4) is 0 Å². The molecule has 2 aliphatic carbocycles. The molecule has 1 aromatic carbocycles. The maximum Gasteiger partial charge on any atom is 0.321 e. The van der Waals surface area contributed by atoms with Crippen LogP contribution < -0.4 is 21.1 Å². The van der Waals surface area contributed by atoms with Gasteiger partial charge in [-0.3, -0.25) is 14.9 Å². The third kappa shape index (κ3) is 4.71. The zero-order valence-electron chi connectivity index (χ0n) is 15.2. The number of nitrogens with two attached hydrogens (primary N) is 1. The van der Waals surface area contributed by atoms with Crippen LogP contribution >= 0.6 is 11.6 Å². The van der Waals surface area contributed by atoms with Crippen molar-refractivity contribution in [3.05, 3.63) is 28.8 Å². The number of halogens is 1. The number of ether oxygens (including phenoxy) is 1. The first-order valence-electron chi connectivity index (χ1n) is 9.16. The molecule has 146 valence electrons. The number of benzene rings is 1. The monoisotopic (exact) mass is 393 g/mol. The first kappa shape index (κ1) is 19.5. The lowest BCUT2D eigenvalue weighted by atomic mass is 9.84. The molecule has 1 aromatic rings. The Morgan fingerprint density at radius 1 is 1.30 bits per heavy atom. The zero-order chi connectivity index (χ0) is 19.6. The van der Waals surface area contributed by atoms with Crippen LogP contribution in [-0.2, 0) is 4.79 Å². The molecule has 8 heteroatoms. The molecule has 4 N–H and O–H groups in total. The highest BCUT2D eigenvalue weighted by molar-refractivity contribution is 6.30. The van der Waals surface area contributed by atoms with Crippen LogP contribution in [-0.4, -0.2) is 30.5 Å². The Labute approximate surface area is 163 Å². The van der Waals surface area contributed by atoms with E-state index >= 15 is 0 Å². The summed E-state index contributed by atoms with van der Waals surface area (Å²) in [7, 11) is 0. The van der Waals surface area contributed by atoms with Gasteiger partial charge in [-0.1, -0.05) is 18.0 Å². The van der Waals surface area contributed by atoms with E-state index in [0.29, 0.717) is 16.9 Å². The fourth-order valence-corrected chi connectivity index (χ4v) is 4.54. The molecule has 3 rings (SSSR count). The average molecular weight is 394 g/mol. The molecule has 2 fully saturated rings.